The number of hydrogen-bond acceptors (Lipinski definition) is 3. The number of fused-ring (bicyclic) bond motifs is 1. The van der Waals surface area contributed by atoms with E-state index in [0.29, 0.717) is 18.5 Å². The summed E-state index contributed by atoms with van der Waals surface area (Å²) in [5.74, 6) is 0.336. The van der Waals surface area contributed by atoms with Gasteiger partial charge in [0.2, 0.25) is 5.91 Å². The molecule has 0 spiro atoms. The van der Waals surface area contributed by atoms with Crippen molar-refractivity contribution in [2.24, 2.45) is 5.41 Å². The van der Waals surface area contributed by atoms with Crippen molar-refractivity contribution >= 4 is 17.5 Å². The molecule has 104 valence electrons. The minimum Gasteiger partial charge on any atom is -0.373 e. The monoisotopic (exact) mass is 274 g/mol. The Labute approximate surface area is 114 Å². The predicted octanol–water partition coefficient (Wildman–Crippen LogP) is 1.23. The third kappa shape index (κ3) is 3.16. The van der Waals surface area contributed by atoms with Crippen LogP contribution < -0.4 is 5.32 Å². The molecule has 1 amide bonds. The van der Waals surface area contributed by atoms with Crippen LogP contribution in [-0.4, -0.2) is 55.1 Å². The smallest absolute Gasteiger partial charge is 0.226 e. The summed E-state index contributed by atoms with van der Waals surface area (Å²) in [4.78, 5) is 14.4. The molecule has 2 aliphatic rings. The molecule has 0 radical (unpaired) electrons. The lowest BCUT2D eigenvalue weighted by molar-refractivity contribution is -0.129. The number of morpholine rings is 1. The van der Waals surface area contributed by atoms with Crippen LogP contribution in [-0.2, 0) is 9.53 Å². The first-order valence-corrected chi connectivity index (χ1v) is 7.26. The van der Waals surface area contributed by atoms with E-state index in [1.54, 1.807) is 0 Å². The maximum absolute atomic E-state index is 11.9. The van der Waals surface area contributed by atoms with Gasteiger partial charge in [-0.1, -0.05) is 0 Å². The van der Waals surface area contributed by atoms with Gasteiger partial charge in [-0.3, -0.25) is 9.69 Å². The van der Waals surface area contributed by atoms with Crippen LogP contribution in [0.1, 0.15) is 26.7 Å². The van der Waals surface area contributed by atoms with Crippen molar-refractivity contribution in [1.82, 2.24) is 10.2 Å². The Hall–Kier alpha value is -0.320. The first kappa shape index (κ1) is 14.1. The number of amides is 1. The topological polar surface area (TPSA) is 41.6 Å². The van der Waals surface area contributed by atoms with E-state index in [0.717, 1.165) is 13.2 Å². The molecule has 2 fully saturated rings. The maximum atomic E-state index is 11.9. The van der Waals surface area contributed by atoms with E-state index in [2.05, 4.69) is 10.2 Å². The first-order valence-electron chi connectivity index (χ1n) is 6.73. The fourth-order valence-electron chi connectivity index (χ4n) is 2.52. The number of hydrogen-bond donors (Lipinski definition) is 1. The Morgan fingerprint density at radius 3 is 3.06 bits per heavy atom. The van der Waals surface area contributed by atoms with Crippen LogP contribution >= 0.6 is 11.6 Å². The summed E-state index contributed by atoms with van der Waals surface area (Å²) in [6.45, 7) is 7.21. The molecule has 2 heterocycles. The summed E-state index contributed by atoms with van der Waals surface area (Å²) in [6, 6.07) is 0.608. The number of halogens is 1. The fourth-order valence-corrected chi connectivity index (χ4v) is 2.64. The van der Waals surface area contributed by atoms with Crippen LogP contribution in [0.2, 0.25) is 0 Å². The van der Waals surface area contributed by atoms with Gasteiger partial charge in [-0.2, -0.15) is 0 Å². The van der Waals surface area contributed by atoms with Gasteiger partial charge in [0.15, 0.2) is 0 Å². The van der Waals surface area contributed by atoms with Crippen LogP contribution in [0.3, 0.4) is 0 Å². The van der Waals surface area contributed by atoms with Gasteiger partial charge in [0.05, 0.1) is 18.1 Å². The summed E-state index contributed by atoms with van der Waals surface area (Å²) >= 11 is 5.78. The molecular weight excluding hydrogens is 252 g/mol. The van der Waals surface area contributed by atoms with Crippen molar-refractivity contribution in [2.75, 3.05) is 32.1 Å². The Morgan fingerprint density at radius 2 is 2.33 bits per heavy atom. The molecule has 0 aromatic carbocycles. The van der Waals surface area contributed by atoms with Gasteiger partial charge in [-0.25, -0.2) is 0 Å². The quantitative estimate of drug-likeness (QED) is 0.784. The molecule has 1 N–H and O–H groups in total. The summed E-state index contributed by atoms with van der Waals surface area (Å²) < 4.78 is 5.80. The van der Waals surface area contributed by atoms with E-state index >= 15 is 0 Å². The average molecular weight is 275 g/mol. The highest BCUT2D eigenvalue weighted by molar-refractivity contribution is 6.19. The molecule has 2 unspecified atom stereocenters. The van der Waals surface area contributed by atoms with E-state index in [-0.39, 0.29) is 12.0 Å². The standard InChI is InChI=1S/C13H23ClN2O2/c1-13(2,9-14)12(17)15-6-11-7-16-5-3-4-10(16)8-18-11/h10-11H,3-9H2,1-2H3,(H,15,17). The van der Waals surface area contributed by atoms with Crippen molar-refractivity contribution in [1.29, 1.82) is 0 Å². The zero-order valence-electron chi connectivity index (χ0n) is 11.2. The molecule has 2 aliphatic heterocycles. The van der Waals surface area contributed by atoms with Crippen molar-refractivity contribution in [3.63, 3.8) is 0 Å². The second-order valence-corrected chi connectivity index (χ2v) is 6.24. The number of nitrogens with zero attached hydrogens (tertiary/aromatic N) is 1. The summed E-state index contributed by atoms with van der Waals surface area (Å²) in [6.07, 6.45) is 2.64. The third-order valence-corrected chi connectivity index (χ3v) is 4.57. The van der Waals surface area contributed by atoms with Crippen molar-refractivity contribution in [3.8, 4) is 0 Å². The molecule has 5 heteroatoms. The molecule has 2 atom stereocenters. The lowest BCUT2D eigenvalue weighted by Gasteiger charge is -2.35. The molecule has 0 bridgehead atoms. The van der Waals surface area contributed by atoms with Gasteiger partial charge >= 0.3 is 0 Å². The number of alkyl halides is 1. The van der Waals surface area contributed by atoms with Gasteiger partial charge in [0.1, 0.15) is 0 Å². The number of rotatable bonds is 4. The van der Waals surface area contributed by atoms with Gasteiger partial charge < -0.3 is 10.1 Å². The van der Waals surface area contributed by atoms with Crippen LogP contribution in [0.5, 0.6) is 0 Å². The normalized spacial score (nSPS) is 29.1. The predicted molar refractivity (Wildman–Crippen MR) is 71.8 cm³/mol. The van der Waals surface area contributed by atoms with Crippen LogP contribution in [0.25, 0.3) is 0 Å². The van der Waals surface area contributed by atoms with Gasteiger partial charge in [-0.15, -0.1) is 11.6 Å². The van der Waals surface area contributed by atoms with E-state index in [1.807, 2.05) is 13.8 Å². The zero-order chi connectivity index (χ0) is 13.2. The van der Waals surface area contributed by atoms with Gasteiger partial charge in [0, 0.05) is 25.0 Å². The van der Waals surface area contributed by atoms with Crippen LogP contribution in [0, 0.1) is 5.41 Å². The minimum absolute atomic E-state index is 0.00430. The minimum atomic E-state index is -0.508. The summed E-state index contributed by atoms with van der Waals surface area (Å²) in [5.41, 5.74) is -0.508. The number of ether oxygens (including phenoxy) is 1. The van der Waals surface area contributed by atoms with Crippen molar-refractivity contribution in [2.45, 2.75) is 38.8 Å². The van der Waals surface area contributed by atoms with Crippen molar-refractivity contribution in [3.05, 3.63) is 0 Å². The molecule has 0 saturated carbocycles. The Balaban J connectivity index is 1.76. The lowest BCUT2D eigenvalue weighted by Crippen LogP contribution is -2.51. The van der Waals surface area contributed by atoms with Crippen molar-refractivity contribution < 1.29 is 9.53 Å². The Bertz CT molecular complexity index is 309. The summed E-state index contributed by atoms with van der Waals surface area (Å²) in [5, 5.41) is 2.95. The highest BCUT2D eigenvalue weighted by Gasteiger charge is 2.33. The number of nitrogens with one attached hydrogen (secondary N) is 1. The molecule has 0 aromatic heterocycles. The molecule has 2 rings (SSSR count). The highest BCUT2D eigenvalue weighted by atomic mass is 35.5. The Morgan fingerprint density at radius 1 is 1.56 bits per heavy atom. The SMILES string of the molecule is CC(C)(CCl)C(=O)NCC1CN2CCCC2CO1. The molecule has 2 saturated heterocycles. The average Bonchev–Trinajstić information content (AvgIpc) is 2.83. The zero-order valence-corrected chi connectivity index (χ0v) is 12.0. The van der Waals surface area contributed by atoms with Gasteiger partial charge in [0.25, 0.3) is 0 Å². The highest BCUT2D eigenvalue weighted by Crippen LogP contribution is 2.22. The second kappa shape index (κ2) is 5.76. The van der Waals surface area contributed by atoms with Crippen LogP contribution in [0.4, 0.5) is 0 Å². The molecular formula is C13H23ClN2O2. The largest absolute Gasteiger partial charge is 0.373 e. The maximum Gasteiger partial charge on any atom is 0.226 e. The van der Waals surface area contributed by atoms with E-state index < -0.39 is 5.41 Å². The van der Waals surface area contributed by atoms with Crippen LogP contribution in [0.15, 0.2) is 0 Å². The third-order valence-electron chi connectivity index (χ3n) is 3.90. The second-order valence-electron chi connectivity index (χ2n) is 5.97. The van der Waals surface area contributed by atoms with Gasteiger partial charge in [-0.05, 0) is 33.2 Å². The number of carbonyl (C=O) groups is 1. The first-order chi connectivity index (χ1) is 8.53. The van der Waals surface area contributed by atoms with E-state index in [4.69, 9.17) is 16.3 Å². The molecule has 0 aromatic rings. The Kier molecular flexibility index (Phi) is 4.51. The number of carbonyl (C=O) groups excluding carboxylic acids is 1. The molecule has 4 nitrogen and oxygen atoms in total. The van der Waals surface area contributed by atoms with E-state index in [9.17, 15) is 4.79 Å². The lowest BCUT2D eigenvalue weighted by atomic mass is 9.95. The molecule has 18 heavy (non-hydrogen) atoms. The fraction of sp³-hybridized carbons (Fsp3) is 0.923. The summed E-state index contributed by atoms with van der Waals surface area (Å²) in [7, 11) is 0. The molecule has 0 aliphatic carbocycles. The van der Waals surface area contributed by atoms with E-state index in [1.165, 1.54) is 19.4 Å².